The highest BCUT2D eigenvalue weighted by Gasteiger charge is 2.33. The van der Waals surface area contributed by atoms with E-state index in [1.165, 1.54) is 0 Å². The molecule has 3 aromatic carbocycles. The molecule has 0 bridgehead atoms. The Balaban J connectivity index is 1.92. The molecule has 5 heteroatoms. The number of hydrogen-bond acceptors (Lipinski definition) is 3. The first-order valence-electron chi connectivity index (χ1n) is 9.28. The van der Waals surface area contributed by atoms with Crippen LogP contribution >= 0.6 is 0 Å². The molecule has 1 atom stereocenters. The van der Waals surface area contributed by atoms with Gasteiger partial charge in [0.15, 0.2) is 5.78 Å². The Morgan fingerprint density at radius 3 is 2.28 bits per heavy atom. The molecule has 0 saturated heterocycles. The quantitative estimate of drug-likeness (QED) is 0.643. The number of carbonyl (C=O) groups is 2. The molecule has 0 aliphatic carbocycles. The number of methoxy groups -OCH3 is 1. The van der Waals surface area contributed by atoms with Crippen molar-refractivity contribution in [3.63, 3.8) is 0 Å². The molecular formula is C24H20N2O3. The van der Waals surface area contributed by atoms with Crippen LogP contribution < -0.4 is 15.4 Å². The number of ether oxygens (including phenoxy) is 1. The number of amides is 2. The third-order valence-electron chi connectivity index (χ3n) is 4.84. The first-order valence-corrected chi connectivity index (χ1v) is 9.28. The summed E-state index contributed by atoms with van der Waals surface area (Å²) in [6.45, 7) is 0. The van der Waals surface area contributed by atoms with Crippen LogP contribution in [0.3, 0.4) is 0 Å². The fourth-order valence-corrected chi connectivity index (χ4v) is 3.46. The first-order chi connectivity index (χ1) is 14.2. The predicted molar refractivity (Wildman–Crippen MR) is 112 cm³/mol. The van der Waals surface area contributed by atoms with Gasteiger partial charge in [-0.05, 0) is 23.3 Å². The van der Waals surface area contributed by atoms with Crippen LogP contribution in [-0.4, -0.2) is 18.9 Å². The lowest BCUT2D eigenvalue weighted by Gasteiger charge is -2.30. The van der Waals surface area contributed by atoms with E-state index < -0.39 is 6.04 Å². The average Bonchev–Trinajstić information content (AvgIpc) is 2.79. The third-order valence-corrected chi connectivity index (χ3v) is 4.84. The third kappa shape index (κ3) is 3.75. The van der Waals surface area contributed by atoms with E-state index in [1.54, 1.807) is 19.2 Å². The molecule has 0 fully saturated rings. The molecule has 0 aromatic heterocycles. The second-order valence-corrected chi connectivity index (χ2v) is 6.66. The van der Waals surface area contributed by atoms with E-state index in [4.69, 9.17) is 4.74 Å². The summed E-state index contributed by atoms with van der Waals surface area (Å²) in [4.78, 5) is 26.0. The maximum absolute atomic E-state index is 13.5. The molecule has 1 aliphatic heterocycles. The lowest BCUT2D eigenvalue weighted by atomic mass is 9.87. The van der Waals surface area contributed by atoms with Gasteiger partial charge in [-0.15, -0.1) is 0 Å². The van der Waals surface area contributed by atoms with Gasteiger partial charge in [0.25, 0.3) is 0 Å². The van der Waals surface area contributed by atoms with Gasteiger partial charge >= 0.3 is 6.03 Å². The number of ketones is 1. The zero-order valence-corrected chi connectivity index (χ0v) is 15.9. The van der Waals surface area contributed by atoms with Crippen LogP contribution in [0.1, 0.15) is 27.5 Å². The highest BCUT2D eigenvalue weighted by molar-refractivity contribution is 6.16. The summed E-state index contributed by atoms with van der Waals surface area (Å²) < 4.78 is 5.34. The second-order valence-electron chi connectivity index (χ2n) is 6.66. The van der Waals surface area contributed by atoms with Crippen LogP contribution in [0.15, 0.2) is 90.5 Å². The fraction of sp³-hybridized carbons (Fsp3) is 0.0833. The van der Waals surface area contributed by atoms with Crippen molar-refractivity contribution < 1.29 is 14.3 Å². The topological polar surface area (TPSA) is 67.4 Å². The monoisotopic (exact) mass is 384 g/mol. The Labute approximate surface area is 169 Å². The van der Waals surface area contributed by atoms with Crippen LogP contribution in [0, 0.1) is 0 Å². The summed E-state index contributed by atoms with van der Waals surface area (Å²) in [6.07, 6.45) is 0. The molecule has 144 valence electrons. The molecule has 2 amide bonds. The highest BCUT2D eigenvalue weighted by atomic mass is 16.5. The maximum atomic E-state index is 13.5. The van der Waals surface area contributed by atoms with E-state index in [2.05, 4.69) is 10.6 Å². The summed E-state index contributed by atoms with van der Waals surface area (Å²) in [5.74, 6) is 0.507. The van der Waals surface area contributed by atoms with E-state index >= 15 is 0 Å². The van der Waals surface area contributed by atoms with Crippen LogP contribution in [0.5, 0.6) is 5.75 Å². The van der Waals surface area contributed by atoms with Crippen LogP contribution in [0.25, 0.3) is 5.70 Å². The smallest absolute Gasteiger partial charge is 0.320 e. The van der Waals surface area contributed by atoms with E-state index in [9.17, 15) is 9.59 Å². The van der Waals surface area contributed by atoms with Gasteiger partial charge in [-0.3, -0.25) is 4.79 Å². The molecule has 1 aliphatic rings. The zero-order valence-electron chi connectivity index (χ0n) is 15.9. The van der Waals surface area contributed by atoms with Gasteiger partial charge in [-0.25, -0.2) is 4.79 Å². The summed E-state index contributed by atoms with van der Waals surface area (Å²) in [5, 5.41) is 5.74. The van der Waals surface area contributed by atoms with Gasteiger partial charge in [-0.1, -0.05) is 72.8 Å². The summed E-state index contributed by atoms with van der Waals surface area (Å²) in [6, 6.07) is 24.9. The molecule has 29 heavy (non-hydrogen) atoms. The van der Waals surface area contributed by atoms with Gasteiger partial charge in [0, 0.05) is 5.56 Å². The molecule has 1 unspecified atom stereocenters. The van der Waals surface area contributed by atoms with Gasteiger partial charge < -0.3 is 15.4 Å². The van der Waals surface area contributed by atoms with Crippen molar-refractivity contribution in [1.29, 1.82) is 0 Å². The maximum Gasteiger partial charge on any atom is 0.320 e. The number of urea groups is 1. The lowest BCUT2D eigenvalue weighted by Crippen LogP contribution is -2.45. The minimum Gasteiger partial charge on any atom is -0.497 e. The summed E-state index contributed by atoms with van der Waals surface area (Å²) in [7, 11) is 1.58. The van der Waals surface area contributed by atoms with E-state index in [0.717, 1.165) is 11.1 Å². The molecule has 0 spiro atoms. The molecule has 5 nitrogen and oxygen atoms in total. The molecule has 0 radical (unpaired) electrons. The number of carbonyl (C=O) groups excluding carboxylic acids is 2. The Bertz CT molecular complexity index is 1080. The molecule has 4 rings (SSSR count). The summed E-state index contributed by atoms with van der Waals surface area (Å²) >= 11 is 0. The van der Waals surface area contributed by atoms with E-state index in [0.29, 0.717) is 22.6 Å². The Morgan fingerprint density at radius 2 is 1.59 bits per heavy atom. The van der Waals surface area contributed by atoms with Crippen molar-refractivity contribution in [1.82, 2.24) is 10.6 Å². The number of nitrogens with one attached hydrogen (secondary N) is 2. The lowest BCUT2D eigenvalue weighted by molar-refractivity contribution is 0.102. The highest BCUT2D eigenvalue weighted by Crippen LogP contribution is 2.34. The average molecular weight is 384 g/mol. The number of rotatable bonds is 5. The number of benzene rings is 3. The number of Topliss-reactive ketones (excluding diaryl/α,β-unsaturated/α-hetero) is 1. The Kier molecular flexibility index (Phi) is 5.12. The Hall–Kier alpha value is -3.86. The minimum absolute atomic E-state index is 0.148. The van der Waals surface area contributed by atoms with Crippen LogP contribution in [0.2, 0.25) is 0 Å². The molecule has 0 saturated carbocycles. The van der Waals surface area contributed by atoms with Gasteiger partial charge in [-0.2, -0.15) is 0 Å². The Morgan fingerprint density at radius 1 is 0.897 bits per heavy atom. The van der Waals surface area contributed by atoms with Gasteiger partial charge in [0.2, 0.25) is 0 Å². The minimum atomic E-state index is -0.609. The van der Waals surface area contributed by atoms with Crippen molar-refractivity contribution in [2.45, 2.75) is 6.04 Å². The summed E-state index contributed by atoms with van der Waals surface area (Å²) in [5.41, 5.74) is 3.09. The number of hydrogen-bond donors (Lipinski definition) is 2. The van der Waals surface area contributed by atoms with E-state index in [-0.39, 0.29) is 11.8 Å². The van der Waals surface area contributed by atoms with E-state index in [1.807, 2.05) is 72.8 Å². The molecular weight excluding hydrogens is 364 g/mol. The zero-order chi connectivity index (χ0) is 20.2. The predicted octanol–water partition coefficient (Wildman–Crippen LogP) is 4.34. The molecule has 2 N–H and O–H groups in total. The van der Waals surface area contributed by atoms with Crippen molar-refractivity contribution in [2.24, 2.45) is 0 Å². The van der Waals surface area contributed by atoms with Crippen molar-refractivity contribution in [3.05, 3.63) is 107 Å². The standard InChI is InChI=1S/C24H20N2O3/c1-29-19-14-8-13-18(15-19)22-20(23(27)17-11-6-3-7-12-17)21(25-24(28)26-22)16-9-4-2-5-10-16/h2-15,22H,1H3,(H2,25,26,28). The molecule has 1 heterocycles. The van der Waals surface area contributed by atoms with Crippen molar-refractivity contribution in [2.75, 3.05) is 7.11 Å². The van der Waals surface area contributed by atoms with Crippen LogP contribution in [-0.2, 0) is 0 Å². The normalized spacial score (nSPS) is 16.0. The van der Waals surface area contributed by atoms with Crippen LogP contribution in [0.4, 0.5) is 4.79 Å². The van der Waals surface area contributed by atoms with Gasteiger partial charge in [0.05, 0.1) is 24.4 Å². The SMILES string of the molecule is COc1cccc(C2NC(=O)NC(c3ccccc3)=C2C(=O)c2ccccc2)c1. The largest absolute Gasteiger partial charge is 0.497 e. The second kappa shape index (κ2) is 8.02. The molecule has 3 aromatic rings. The van der Waals surface area contributed by atoms with Gasteiger partial charge in [0.1, 0.15) is 5.75 Å². The first kappa shape index (κ1) is 18.5. The van der Waals surface area contributed by atoms with Crippen molar-refractivity contribution in [3.8, 4) is 5.75 Å². The van der Waals surface area contributed by atoms with Crippen molar-refractivity contribution >= 4 is 17.5 Å². The fourth-order valence-electron chi connectivity index (χ4n) is 3.46.